The lowest BCUT2D eigenvalue weighted by molar-refractivity contribution is -0.0592. The van der Waals surface area contributed by atoms with Crippen molar-refractivity contribution in [2.24, 2.45) is 0 Å². The van der Waals surface area contributed by atoms with Crippen LogP contribution in [0.2, 0.25) is 0 Å². The van der Waals surface area contributed by atoms with Gasteiger partial charge in [-0.05, 0) is 69.6 Å². The van der Waals surface area contributed by atoms with Crippen LogP contribution in [0, 0.1) is 0 Å². The fourth-order valence-corrected chi connectivity index (χ4v) is 6.01. The van der Waals surface area contributed by atoms with Crippen LogP contribution >= 0.6 is 11.3 Å². The van der Waals surface area contributed by atoms with Gasteiger partial charge in [0.15, 0.2) is 5.78 Å². The minimum absolute atomic E-state index is 0.0901. The Hall–Kier alpha value is -3.07. The van der Waals surface area contributed by atoms with Gasteiger partial charge in [-0.1, -0.05) is 18.2 Å². The molecule has 0 spiro atoms. The monoisotopic (exact) mass is 516 g/mol. The van der Waals surface area contributed by atoms with Crippen LogP contribution in [0.1, 0.15) is 58.2 Å². The van der Waals surface area contributed by atoms with Gasteiger partial charge in [-0.2, -0.15) is 0 Å². The van der Waals surface area contributed by atoms with Crippen molar-refractivity contribution in [1.29, 1.82) is 0 Å². The lowest BCUT2D eigenvalue weighted by Gasteiger charge is -2.32. The van der Waals surface area contributed by atoms with E-state index in [0.717, 1.165) is 78.8 Å². The molecular weight excluding hydrogens is 484 g/mol. The van der Waals surface area contributed by atoms with Crippen molar-refractivity contribution in [3.05, 3.63) is 75.9 Å². The van der Waals surface area contributed by atoms with Gasteiger partial charge in [-0.3, -0.25) is 9.69 Å². The predicted molar refractivity (Wildman–Crippen MR) is 144 cm³/mol. The molecular formula is C29H32N4O3S. The van der Waals surface area contributed by atoms with Crippen LogP contribution in [0.15, 0.2) is 54.6 Å². The Balaban J connectivity index is 1.07. The number of para-hydroxylation sites is 2. The summed E-state index contributed by atoms with van der Waals surface area (Å²) in [5.74, 6) is 2.29. The normalized spacial score (nSPS) is 18.7. The SMILES string of the molecule is CC(=O)c1ccc(COc2cccc(C3CCN(Cc4nc5ccccc5n4C[C@@H]4CCO4)CC3)n2)s1. The maximum Gasteiger partial charge on any atom is 0.213 e. The summed E-state index contributed by atoms with van der Waals surface area (Å²) in [6.07, 6.45) is 3.56. The molecule has 4 aromatic rings. The zero-order valence-corrected chi connectivity index (χ0v) is 22.0. The number of aromatic nitrogens is 3. The number of carbonyl (C=O) groups excluding carboxylic acids is 1. The summed E-state index contributed by atoms with van der Waals surface area (Å²) >= 11 is 1.48. The molecule has 0 unspecified atom stereocenters. The van der Waals surface area contributed by atoms with Crippen molar-refractivity contribution in [1.82, 2.24) is 19.4 Å². The number of imidazole rings is 1. The molecule has 0 amide bonds. The lowest BCUT2D eigenvalue weighted by Crippen LogP contribution is -2.35. The van der Waals surface area contributed by atoms with E-state index in [2.05, 4.69) is 39.8 Å². The molecule has 7 nitrogen and oxygen atoms in total. The molecule has 3 aromatic heterocycles. The van der Waals surface area contributed by atoms with Gasteiger partial charge in [0.25, 0.3) is 0 Å². The number of hydrogen-bond acceptors (Lipinski definition) is 7. The molecule has 0 N–H and O–H groups in total. The molecule has 0 aliphatic carbocycles. The summed E-state index contributed by atoms with van der Waals surface area (Å²) in [7, 11) is 0. The Morgan fingerprint density at radius 3 is 2.65 bits per heavy atom. The maximum absolute atomic E-state index is 11.5. The third kappa shape index (κ3) is 5.46. The molecule has 1 aromatic carbocycles. The smallest absolute Gasteiger partial charge is 0.213 e. The number of fused-ring (bicyclic) bond motifs is 1. The minimum atomic E-state index is 0.0901. The third-order valence-corrected chi connectivity index (χ3v) is 8.56. The number of rotatable bonds is 9. The molecule has 37 heavy (non-hydrogen) atoms. The van der Waals surface area contributed by atoms with Crippen molar-refractivity contribution in [2.75, 3.05) is 19.7 Å². The zero-order chi connectivity index (χ0) is 25.2. The van der Waals surface area contributed by atoms with Gasteiger partial charge in [0.1, 0.15) is 12.4 Å². The summed E-state index contributed by atoms with van der Waals surface area (Å²) in [5, 5.41) is 0. The predicted octanol–water partition coefficient (Wildman–Crippen LogP) is 5.44. The molecule has 2 saturated heterocycles. The van der Waals surface area contributed by atoms with E-state index in [1.165, 1.54) is 16.9 Å². The average molecular weight is 517 g/mol. The Labute approximate surface area is 221 Å². The van der Waals surface area contributed by atoms with Crippen LogP contribution < -0.4 is 4.74 Å². The number of Topliss-reactive ketones (excluding diaryl/α,β-unsaturated/α-hetero) is 1. The van der Waals surface area contributed by atoms with Crippen LogP contribution in [-0.4, -0.2) is 51.0 Å². The van der Waals surface area contributed by atoms with Crippen molar-refractivity contribution >= 4 is 28.2 Å². The topological polar surface area (TPSA) is 69.5 Å². The van der Waals surface area contributed by atoms with Crippen LogP contribution in [0.25, 0.3) is 11.0 Å². The number of nitrogens with zero attached hydrogens (tertiary/aromatic N) is 4. The molecule has 2 aliphatic heterocycles. The van der Waals surface area contributed by atoms with Gasteiger partial charge < -0.3 is 14.0 Å². The fourth-order valence-electron chi connectivity index (χ4n) is 5.20. The number of piperidine rings is 1. The highest BCUT2D eigenvalue weighted by atomic mass is 32.1. The highest BCUT2D eigenvalue weighted by molar-refractivity contribution is 7.14. The number of carbonyl (C=O) groups is 1. The molecule has 2 aliphatic rings. The van der Waals surface area contributed by atoms with Crippen molar-refractivity contribution in [3.63, 3.8) is 0 Å². The number of likely N-dealkylation sites (tertiary alicyclic amines) is 1. The highest BCUT2D eigenvalue weighted by Gasteiger charge is 2.25. The van der Waals surface area contributed by atoms with Gasteiger partial charge in [0.05, 0.1) is 35.1 Å². The number of ketones is 1. The molecule has 2 fully saturated rings. The minimum Gasteiger partial charge on any atom is -0.472 e. The third-order valence-electron chi connectivity index (χ3n) is 7.40. The first kappa shape index (κ1) is 24.3. The maximum atomic E-state index is 11.5. The molecule has 5 heterocycles. The second-order valence-corrected chi connectivity index (χ2v) is 11.1. The largest absolute Gasteiger partial charge is 0.472 e. The second kappa shape index (κ2) is 10.7. The Bertz CT molecular complexity index is 1380. The van der Waals surface area contributed by atoms with E-state index in [1.807, 2.05) is 24.3 Å². The number of hydrogen-bond donors (Lipinski definition) is 0. The summed E-state index contributed by atoms with van der Waals surface area (Å²) in [6, 6.07) is 18.3. The fraction of sp³-hybridized carbons (Fsp3) is 0.414. The lowest BCUT2D eigenvalue weighted by atomic mass is 9.93. The van der Waals surface area contributed by atoms with Crippen molar-refractivity contribution in [3.8, 4) is 5.88 Å². The van der Waals surface area contributed by atoms with Crippen LogP contribution in [0.3, 0.4) is 0 Å². The molecule has 8 heteroatoms. The summed E-state index contributed by atoms with van der Waals surface area (Å²) in [5.41, 5.74) is 3.36. The summed E-state index contributed by atoms with van der Waals surface area (Å²) < 4.78 is 14.1. The Morgan fingerprint density at radius 1 is 1.05 bits per heavy atom. The zero-order valence-electron chi connectivity index (χ0n) is 21.1. The standard InChI is InChI=1S/C29H32N4O3S/c1-20(34)27-10-9-23(37-27)19-36-29-8-4-6-24(31-29)21-11-14-32(15-12-21)18-28-30-25-5-2-3-7-26(25)33(28)17-22-13-16-35-22/h2-10,21-22H,11-19H2,1H3/t22-/m0/s1. The Morgan fingerprint density at radius 2 is 1.89 bits per heavy atom. The average Bonchev–Trinajstić information content (AvgIpc) is 3.50. The number of thiophene rings is 1. The first-order valence-corrected chi connectivity index (χ1v) is 13.9. The summed E-state index contributed by atoms with van der Waals surface area (Å²) in [4.78, 5) is 25.6. The van der Waals surface area contributed by atoms with E-state index in [4.69, 9.17) is 19.4 Å². The van der Waals surface area contributed by atoms with Crippen molar-refractivity contribution in [2.45, 2.75) is 57.9 Å². The van der Waals surface area contributed by atoms with Crippen molar-refractivity contribution < 1.29 is 14.3 Å². The number of benzene rings is 1. The summed E-state index contributed by atoms with van der Waals surface area (Å²) in [6.45, 7) is 6.66. The first-order valence-electron chi connectivity index (χ1n) is 13.1. The second-order valence-electron chi connectivity index (χ2n) is 9.97. The van der Waals surface area contributed by atoms with E-state index in [0.29, 0.717) is 24.5 Å². The highest BCUT2D eigenvalue weighted by Crippen LogP contribution is 2.30. The van der Waals surface area contributed by atoms with Gasteiger partial charge in [-0.25, -0.2) is 9.97 Å². The molecule has 1 atom stereocenters. The van der Waals surface area contributed by atoms with Gasteiger partial charge in [0, 0.05) is 29.2 Å². The van der Waals surface area contributed by atoms with Gasteiger partial charge in [-0.15, -0.1) is 11.3 Å². The molecule has 0 saturated carbocycles. The van der Waals surface area contributed by atoms with Crippen LogP contribution in [0.4, 0.5) is 0 Å². The van der Waals surface area contributed by atoms with E-state index in [-0.39, 0.29) is 5.78 Å². The molecule has 0 radical (unpaired) electrons. The quantitative estimate of drug-likeness (QED) is 0.276. The number of ether oxygens (including phenoxy) is 2. The van der Waals surface area contributed by atoms with E-state index in [9.17, 15) is 4.79 Å². The number of pyridine rings is 1. The van der Waals surface area contributed by atoms with E-state index >= 15 is 0 Å². The molecule has 0 bridgehead atoms. The van der Waals surface area contributed by atoms with Gasteiger partial charge in [0.2, 0.25) is 5.88 Å². The van der Waals surface area contributed by atoms with Crippen LogP contribution in [0.5, 0.6) is 5.88 Å². The first-order chi connectivity index (χ1) is 18.1. The van der Waals surface area contributed by atoms with Crippen LogP contribution in [-0.2, 0) is 24.4 Å². The Kier molecular flexibility index (Phi) is 7.04. The van der Waals surface area contributed by atoms with E-state index in [1.54, 1.807) is 6.92 Å². The molecule has 6 rings (SSSR count). The van der Waals surface area contributed by atoms with Gasteiger partial charge >= 0.3 is 0 Å². The molecule has 192 valence electrons. The van der Waals surface area contributed by atoms with E-state index < -0.39 is 0 Å².